The van der Waals surface area contributed by atoms with Crippen LogP contribution in [0.5, 0.6) is 0 Å². The van der Waals surface area contributed by atoms with Gasteiger partial charge in [0.15, 0.2) is 0 Å². The average molecular weight is 274 g/mol. The fraction of sp³-hybridized carbons (Fsp3) is 0.455. The van der Waals surface area contributed by atoms with Crippen molar-refractivity contribution in [2.75, 3.05) is 6.61 Å². The molecule has 1 aliphatic rings. The van der Waals surface area contributed by atoms with E-state index in [1.54, 1.807) is 6.07 Å². The zero-order chi connectivity index (χ0) is 12.4. The van der Waals surface area contributed by atoms with Crippen molar-refractivity contribution in [1.29, 1.82) is 0 Å². The van der Waals surface area contributed by atoms with Crippen molar-refractivity contribution in [3.63, 3.8) is 0 Å². The SMILES string of the molecule is CC1OCCC1Sc1cc(C(=O)O)cc(Cl)n1. The van der Waals surface area contributed by atoms with Crippen LogP contribution in [0.1, 0.15) is 23.7 Å². The van der Waals surface area contributed by atoms with E-state index in [0.717, 1.165) is 13.0 Å². The van der Waals surface area contributed by atoms with Gasteiger partial charge in [0.1, 0.15) is 5.15 Å². The largest absolute Gasteiger partial charge is 0.478 e. The molecule has 0 amide bonds. The zero-order valence-corrected chi connectivity index (χ0v) is 10.8. The number of thioether (sulfide) groups is 1. The summed E-state index contributed by atoms with van der Waals surface area (Å²) in [7, 11) is 0. The van der Waals surface area contributed by atoms with Gasteiger partial charge in [-0.2, -0.15) is 0 Å². The summed E-state index contributed by atoms with van der Waals surface area (Å²) in [5.74, 6) is -0.994. The van der Waals surface area contributed by atoms with Gasteiger partial charge in [-0.25, -0.2) is 9.78 Å². The fourth-order valence-corrected chi connectivity index (χ4v) is 3.08. The second-order valence-corrected chi connectivity index (χ2v) is 5.49. The molecule has 0 radical (unpaired) electrons. The Kier molecular flexibility index (Phi) is 3.91. The Hall–Kier alpha value is -0.780. The van der Waals surface area contributed by atoms with Crippen molar-refractivity contribution in [1.82, 2.24) is 4.98 Å². The number of rotatable bonds is 3. The van der Waals surface area contributed by atoms with Crippen molar-refractivity contribution in [3.05, 3.63) is 22.8 Å². The van der Waals surface area contributed by atoms with E-state index in [9.17, 15) is 4.79 Å². The Morgan fingerprint density at radius 1 is 1.65 bits per heavy atom. The van der Waals surface area contributed by atoms with Gasteiger partial charge in [0.05, 0.1) is 16.7 Å². The third-order valence-electron chi connectivity index (χ3n) is 2.60. The molecule has 0 aromatic carbocycles. The number of ether oxygens (including phenoxy) is 1. The fourth-order valence-electron chi connectivity index (χ4n) is 1.68. The smallest absolute Gasteiger partial charge is 0.335 e. The Bertz CT molecular complexity index is 441. The number of halogens is 1. The molecule has 1 saturated heterocycles. The van der Waals surface area contributed by atoms with Crippen LogP contribution in [-0.4, -0.2) is 34.0 Å². The molecule has 1 N–H and O–H groups in total. The number of carbonyl (C=O) groups is 1. The second kappa shape index (κ2) is 5.25. The maximum absolute atomic E-state index is 10.9. The summed E-state index contributed by atoms with van der Waals surface area (Å²) >= 11 is 7.32. The van der Waals surface area contributed by atoms with Crippen molar-refractivity contribution >= 4 is 29.3 Å². The van der Waals surface area contributed by atoms with Gasteiger partial charge < -0.3 is 9.84 Å². The second-order valence-electron chi connectivity index (χ2n) is 3.84. The summed E-state index contributed by atoms with van der Waals surface area (Å²) in [6.07, 6.45) is 1.11. The zero-order valence-electron chi connectivity index (χ0n) is 9.22. The number of hydrogen-bond acceptors (Lipinski definition) is 4. The minimum atomic E-state index is -0.994. The summed E-state index contributed by atoms with van der Waals surface area (Å²) in [4.78, 5) is 15.0. The molecule has 17 heavy (non-hydrogen) atoms. The molecule has 6 heteroatoms. The predicted molar refractivity (Wildman–Crippen MR) is 65.9 cm³/mol. The molecule has 4 nitrogen and oxygen atoms in total. The summed E-state index contributed by atoms with van der Waals surface area (Å²) in [5.41, 5.74) is 0.166. The van der Waals surface area contributed by atoms with Gasteiger partial charge in [-0.15, -0.1) is 11.8 Å². The quantitative estimate of drug-likeness (QED) is 0.858. The van der Waals surface area contributed by atoms with Gasteiger partial charge in [0.2, 0.25) is 0 Å². The van der Waals surface area contributed by atoms with E-state index in [0.29, 0.717) is 10.3 Å². The Balaban J connectivity index is 2.17. The summed E-state index contributed by atoms with van der Waals surface area (Å²) < 4.78 is 5.45. The van der Waals surface area contributed by atoms with E-state index >= 15 is 0 Å². The molecule has 2 heterocycles. The van der Waals surface area contributed by atoms with Crippen molar-refractivity contribution in [3.8, 4) is 0 Å². The molecule has 92 valence electrons. The first kappa shape index (κ1) is 12.7. The third-order valence-corrected chi connectivity index (χ3v) is 4.16. The van der Waals surface area contributed by atoms with Gasteiger partial charge in [0, 0.05) is 11.9 Å². The Morgan fingerprint density at radius 3 is 3.00 bits per heavy atom. The first-order valence-corrected chi connectivity index (χ1v) is 6.51. The molecule has 1 aromatic heterocycles. The number of aromatic carboxylic acids is 1. The molecule has 0 aliphatic carbocycles. The number of aromatic nitrogens is 1. The molecule has 0 bridgehead atoms. The standard InChI is InChI=1S/C11H12ClNO3S/c1-6-8(2-3-16-6)17-10-5-7(11(14)15)4-9(12)13-10/h4-6,8H,2-3H2,1H3,(H,14,15). The molecule has 1 fully saturated rings. The molecule has 0 spiro atoms. The summed E-state index contributed by atoms with van der Waals surface area (Å²) in [5, 5.41) is 10.1. The molecular formula is C11H12ClNO3S. The minimum absolute atomic E-state index is 0.161. The Morgan fingerprint density at radius 2 is 2.41 bits per heavy atom. The van der Waals surface area contributed by atoms with Crippen LogP contribution in [0.2, 0.25) is 5.15 Å². The van der Waals surface area contributed by atoms with Crippen LogP contribution >= 0.6 is 23.4 Å². The first-order chi connectivity index (χ1) is 8.06. The molecular weight excluding hydrogens is 262 g/mol. The predicted octanol–water partition coefficient (Wildman–Crippen LogP) is 2.70. The van der Waals surface area contributed by atoms with Crippen LogP contribution < -0.4 is 0 Å². The van der Waals surface area contributed by atoms with Crippen LogP contribution in [0.3, 0.4) is 0 Å². The molecule has 1 aliphatic heterocycles. The Labute approximate surface area is 108 Å². The number of nitrogens with zero attached hydrogens (tertiary/aromatic N) is 1. The molecule has 2 unspecified atom stereocenters. The van der Waals surface area contributed by atoms with E-state index in [-0.39, 0.29) is 16.8 Å². The van der Waals surface area contributed by atoms with E-state index in [4.69, 9.17) is 21.4 Å². The maximum Gasteiger partial charge on any atom is 0.335 e. The minimum Gasteiger partial charge on any atom is -0.478 e. The topological polar surface area (TPSA) is 59.4 Å². The molecule has 2 atom stereocenters. The van der Waals surface area contributed by atoms with Gasteiger partial charge in [-0.1, -0.05) is 11.6 Å². The average Bonchev–Trinajstić information content (AvgIpc) is 2.63. The van der Waals surface area contributed by atoms with Crippen molar-refractivity contribution in [2.24, 2.45) is 0 Å². The molecule has 1 aromatic rings. The van der Waals surface area contributed by atoms with Crippen LogP contribution in [-0.2, 0) is 4.74 Å². The normalized spacial score (nSPS) is 23.9. The lowest BCUT2D eigenvalue weighted by Crippen LogP contribution is -2.13. The lowest BCUT2D eigenvalue weighted by Gasteiger charge is -2.13. The van der Waals surface area contributed by atoms with E-state index < -0.39 is 5.97 Å². The van der Waals surface area contributed by atoms with Crippen LogP contribution in [0.15, 0.2) is 17.2 Å². The van der Waals surface area contributed by atoms with Gasteiger partial charge in [-0.05, 0) is 25.5 Å². The summed E-state index contributed by atoms with van der Waals surface area (Å²) in [6, 6.07) is 2.90. The van der Waals surface area contributed by atoms with E-state index in [1.165, 1.54) is 17.8 Å². The van der Waals surface area contributed by atoms with Gasteiger partial charge in [0.25, 0.3) is 0 Å². The molecule has 2 rings (SSSR count). The lowest BCUT2D eigenvalue weighted by atomic mass is 10.3. The van der Waals surface area contributed by atoms with Crippen molar-refractivity contribution in [2.45, 2.75) is 29.7 Å². The first-order valence-electron chi connectivity index (χ1n) is 5.25. The number of carboxylic acids is 1. The summed E-state index contributed by atoms with van der Waals surface area (Å²) in [6.45, 7) is 2.75. The number of hydrogen-bond donors (Lipinski definition) is 1. The van der Waals surface area contributed by atoms with E-state index in [2.05, 4.69) is 4.98 Å². The van der Waals surface area contributed by atoms with Crippen LogP contribution in [0, 0.1) is 0 Å². The van der Waals surface area contributed by atoms with Crippen LogP contribution in [0.25, 0.3) is 0 Å². The van der Waals surface area contributed by atoms with Crippen LogP contribution in [0.4, 0.5) is 0 Å². The highest BCUT2D eigenvalue weighted by molar-refractivity contribution is 7.99. The lowest BCUT2D eigenvalue weighted by molar-refractivity contribution is 0.0696. The van der Waals surface area contributed by atoms with Crippen molar-refractivity contribution < 1.29 is 14.6 Å². The highest BCUT2D eigenvalue weighted by Gasteiger charge is 2.26. The molecule has 0 saturated carbocycles. The third kappa shape index (κ3) is 3.12. The number of carboxylic acid groups (broad SMARTS) is 1. The van der Waals surface area contributed by atoms with Gasteiger partial charge in [-0.3, -0.25) is 0 Å². The van der Waals surface area contributed by atoms with E-state index in [1.807, 2.05) is 6.92 Å². The highest BCUT2D eigenvalue weighted by atomic mass is 35.5. The number of pyridine rings is 1. The monoisotopic (exact) mass is 273 g/mol. The van der Waals surface area contributed by atoms with Gasteiger partial charge >= 0.3 is 5.97 Å². The highest BCUT2D eigenvalue weighted by Crippen LogP contribution is 2.32. The maximum atomic E-state index is 10.9.